The number of unbranched alkanes of at least 4 members (excludes halogenated alkanes) is 42. The Kier molecular flexibility index (Phi) is 54.2. The van der Waals surface area contributed by atoms with Crippen molar-refractivity contribution >= 4 is 17.9 Å². The average Bonchev–Trinajstić information content (AvgIpc) is 3.31. The predicted molar refractivity (Wildman–Crippen MR) is 284 cm³/mol. The van der Waals surface area contributed by atoms with E-state index in [1.54, 1.807) is 0 Å². The van der Waals surface area contributed by atoms with E-state index in [2.05, 4.69) is 32.9 Å². The van der Waals surface area contributed by atoms with E-state index in [1.807, 2.05) is 0 Å². The summed E-state index contributed by atoms with van der Waals surface area (Å²) in [5.41, 5.74) is 0. The Morgan fingerprint density at radius 1 is 0.288 bits per heavy atom. The number of ether oxygens (including phenoxy) is 3. The Bertz CT molecular complexity index is 1020. The summed E-state index contributed by atoms with van der Waals surface area (Å²) in [4.78, 5) is 38.2. The van der Waals surface area contributed by atoms with Gasteiger partial charge in [0.05, 0.1) is 0 Å². The molecular formula is C60H114O6. The molecule has 6 nitrogen and oxygen atoms in total. The summed E-state index contributed by atoms with van der Waals surface area (Å²) in [6.45, 7) is 6.69. The summed E-state index contributed by atoms with van der Waals surface area (Å²) < 4.78 is 16.9. The fraction of sp³-hybridized carbons (Fsp3) is 0.917. The van der Waals surface area contributed by atoms with Gasteiger partial charge >= 0.3 is 17.9 Å². The van der Waals surface area contributed by atoms with Gasteiger partial charge in [-0.3, -0.25) is 14.4 Å². The molecule has 0 heterocycles. The number of hydrogen-bond donors (Lipinski definition) is 0. The van der Waals surface area contributed by atoms with Gasteiger partial charge in [-0.05, 0) is 44.9 Å². The molecule has 1 atom stereocenters. The highest BCUT2D eigenvalue weighted by molar-refractivity contribution is 5.71. The first-order valence-electron chi connectivity index (χ1n) is 29.7. The van der Waals surface area contributed by atoms with Crippen molar-refractivity contribution in [1.82, 2.24) is 0 Å². The van der Waals surface area contributed by atoms with Gasteiger partial charge in [0.25, 0.3) is 0 Å². The lowest BCUT2D eigenvalue weighted by Crippen LogP contribution is -2.30. The number of esters is 3. The zero-order valence-corrected chi connectivity index (χ0v) is 44.7. The van der Waals surface area contributed by atoms with Crippen LogP contribution in [0.5, 0.6) is 0 Å². The monoisotopic (exact) mass is 931 g/mol. The molecule has 0 bridgehead atoms. The minimum atomic E-state index is -0.767. The molecular weight excluding hydrogens is 817 g/mol. The van der Waals surface area contributed by atoms with Gasteiger partial charge in [0.1, 0.15) is 13.2 Å². The predicted octanol–water partition coefficient (Wildman–Crippen LogP) is 19.7. The molecule has 66 heavy (non-hydrogen) atoms. The van der Waals surface area contributed by atoms with Crippen molar-refractivity contribution in [3.8, 4) is 0 Å². The third-order valence-corrected chi connectivity index (χ3v) is 13.5. The highest BCUT2D eigenvalue weighted by atomic mass is 16.6. The lowest BCUT2D eigenvalue weighted by Gasteiger charge is -2.18. The van der Waals surface area contributed by atoms with Gasteiger partial charge in [-0.15, -0.1) is 0 Å². The fourth-order valence-electron chi connectivity index (χ4n) is 9.03. The highest BCUT2D eigenvalue weighted by Crippen LogP contribution is 2.17. The first-order chi connectivity index (χ1) is 32.5. The average molecular weight is 932 g/mol. The van der Waals surface area contributed by atoms with Crippen molar-refractivity contribution in [1.29, 1.82) is 0 Å². The Labute approximate surface area is 411 Å². The van der Waals surface area contributed by atoms with Crippen LogP contribution in [0.3, 0.4) is 0 Å². The van der Waals surface area contributed by atoms with E-state index in [0.29, 0.717) is 19.3 Å². The zero-order valence-electron chi connectivity index (χ0n) is 44.7. The second kappa shape index (κ2) is 55.7. The SMILES string of the molecule is CCCCCCC/C=C\CCCCCCCC(=O)OC[C@H](COC(=O)CCCCCCCCCCCCCCCCCCC)OC(=O)CCCCCCCCCCCCCCCCCCC. The van der Waals surface area contributed by atoms with E-state index in [0.717, 1.165) is 64.2 Å². The molecule has 390 valence electrons. The molecule has 0 N–H and O–H groups in total. The molecule has 0 radical (unpaired) electrons. The third-order valence-electron chi connectivity index (χ3n) is 13.5. The summed E-state index contributed by atoms with van der Waals surface area (Å²) in [7, 11) is 0. The molecule has 0 saturated carbocycles. The molecule has 0 saturated heterocycles. The van der Waals surface area contributed by atoms with E-state index in [4.69, 9.17) is 14.2 Å². The number of rotatable bonds is 55. The van der Waals surface area contributed by atoms with Gasteiger partial charge in [0.15, 0.2) is 6.10 Å². The first kappa shape index (κ1) is 64.2. The van der Waals surface area contributed by atoms with Crippen LogP contribution in [0.15, 0.2) is 12.2 Å². The van der Waals surface area contributed by atoms with Crippen LogP contribution in [0, 0.1) is 0 Å². The van der Waals surface area contributed by atoms with Crippen molar-refractivity contribution in [3.63, 3.8) is 0 Å². The second-order valence-corrected chi connectivity index (χ2v) is 20.3. The number of carbonyl (C=O) groups excluding carboxylic acids is 3. The molecule has 0 aromatic carbocycles. The van der Waals surface area contributed by atoms with Gasteiger partial charge < -0.3 is 14.2 Å². The minimum absolute atomic E-state index is 0.0663. The summed E-state index contributed by atoms with van der Waals surface area (Å²) in [6, 6.07) is 0. The van der Waals surface area contributed by atoms with Crippen molar-refractivity contribution in [2.75, 3.05) is 13.2 Å². The zero-order chi connectivity index (χ0) is 47.9. The number of hydrogen-bond acceptors (Lipinski definition) is 6. The fourth-order valence-corrected chi connectivity index (χ4v) is 9.03. The molecule has 0 amide bonds. The molecule has 0 aromatic rings. The Hall–Kier alpha value is -1.85. The maximum absolute atomic E-state index is 12.9. The van der Waals surface area contributed by atoms with Crippen LogP contribution in [-0.2, 0) is 28.6 Å². The molecule has 0 aromatic heterocycles. The maximum Gasteiger partial charge on any atom is 0.306 e. The first-order valence-corrected chi connectivity index (χ1v) is 29.7. The topological polar surface area (TPSA) is 78.9 Å². The van der Waals surface area contributed by atoms with Crippen LogP contribution in [0.2, 0.25) is 0 Å². The smallest absolute Gasteiger partial charge is 0.306 e. The summed E-state index contributed by atoms with van der Waals surface area (Å²) in [5.74, 6) is -0.849. The van der Waals surface area contributed by atoms with Gasteiger partial charge in [-0.25, -0.2) is 0 Å². The van der Waals surface area contributed by atoms with Crippen LogP contribution in [-0.4, -0.2) is 37.2 Å². The van der Waals surface area contributed by atoms with E-state index >= 15 is 0 Å². The number of carbonyl (C=O) groups is 3. The summed E-state index contributed by atoms with van der Waals surface area (Å²) in [5, 5.41) is 0. The van der Waals surface area contributed by atoms with E-state index in [1.165, 1.54) is 231 Å². The molecule has 0 aliphatic rings. The minimum Gasteiger partial charge on any atom is -0.462 e. The maximum atomic E-state index is 12.9. The van der Waals surface area contributed by atoms with Crippen molar-refractivity contribution in [2.24, 2.45) is 0 Å². The molecule has 0 rings (SSSR count). The van der Waals surface area contributed by atoms with Crippen molar-refractivity contribution < 1.29 is 28.6 Å². The Morgan fingerprint density at radius 3 is 0.758 bits per heavy atom. The number of allylic oxidation sites excluding steroid dienone is 2. The lowest BCUT2D eigenvalue weighted by atomic mass is 10.0. The largest absolute Gasteiger partial charge is 0.462 e. The van der Waals surface area contributed by atoms with E-state index in [-0.39, 0.29) is 31.1 Å². The quantitative estimate of drug-likeness (QED) is 0.0262. The molecule has 6 heteroatoms. The van der Waals surface area contributed by atoms with Crippen LogP contribution >= 0.6 is 0 Å². The Morgan fingerprint density at radius 2 is 0.500 bits per heavy atom. The van der Waals surface area contributed by atoms with Crippen LogP contribution < -0.4 is 0 Å². The summed E-state index contributed by atoms with van der Waals surface area (Å²) in [6.07, 6.45) is 63.4. The van der Waals surface area contributed by atoms with Gasteiger partial charge in [0.2, 0.25) is 0 Å². The molecule has 0 aliphatic carbocycles. The highest BCUT2D eigenvalue weighted by Gasteiger charge is 2.19. The molecule has 0 spiro atoms. The Balaban J connectivity index is 4.31. The van der Waals surface area contributed by atoms with Crippen LogP contribution in [0.4, 0.5) is 0 Å². The van der Waals surface area contributed by atoms with E-state index < -0.39 is 6.10 Å². The standard InChI is InChI=1S/C60H114O6/c1-4-7-10-13-16-19-22-25-28-30-32-35-38-41-44-47-50-53-59(62)65-56-57(55-64-58(61)52-49-46-43-40-37-34-27-24-21-18-15-12-9-6-3)66-60(63)54-51-48-45-42-39-36-33-31-29-26-23-20-17-14-11-8-5-2/h24,27,57H,4-23,25-26,28-56H2,1-3H3/b27-24-/t57-/m1/s1. The van der Waals surface area contributed by atoms with Crippen LogP contribution in [0.25, 0.3) is 0 Å². The van der Waals surface area contributed by atoms with Crippen molar-refractivity contribution in [2.45, 2.75) is 341 Å². The van der Waals surface area contributed by atoms with Gasteiger partial charge in [0, 0.05) is 19.3 Å². The van der Waals surface area contributed by atoms with Gasteiger partial charge in [-0.1, -0.05) is 283 Å². The third kappa shape index (κ3) is 53.1. The normalized spacial score (nSPS) is 12.0. The van der Waals surface area contributed by atoms with Gasteiger partial charge in [-0.2, -0.15) is 0 Å². The van der Waals surface area contributed by atoms with Crippen LogP contribution in [0.1, 0.15) is 335 Å². The summed E-state index contributed by atoms with van der Waals surface area (Å²) >= 11 is 0. The molecule has 0 unspecified atom stereocenters. The second-order valence-electron chi connectivity index (χ2n) is 20.3. The molecule has 0 fully saturated rings. The van der Waals surface area contributed by atoms with Crippen molar-refractivity contribution in [3.05, 3.63) is 12.2 Å². The van der Waals surface area contributed by atoms with E-state index in [9.17, 15) is 14.4 Å². The molecule has 0 aliphatic heterocycles. The lowest BCUT2D eigenvalue weighted by molar-refractivity contribution is -0.167.